The summed E-state index contributed by atoms with van der Waals surface area (Å²) in [5.74, 6) is -1.43. The summed E-state index contributed by atoms with van der Waals surface area (Å²) in [5.41, 5.74) is 0. The Morgan fingerprint density at radius 3 is 3.00 bits per heavy atom. The van der Waals surface area contributed by atoms with Crippen LogP contribution in [0.2, 0.25) is 0 Å². The molecular formula is C8H7NO2S. The summed E-state index contributed by atoms with van der Waals surface area (Å²) in [6, 6.07) is 5.56. The molecule has 1 aromatic heterocycles. The van der Waals surface area contributed by atoms with Crippen LogP contribution in [0.5, 0.6) is 0 Å². The van der Waals surface area contributed by atoms with Gasteiger partial charge in [-0.2, -0.15) is 5.26 Å². The fourth-order valence-corrected chi connectivity index (χ4v) is 1.65. The first-order valence-corrected chi connectivity index (χ1v) is 4.27. The van der Waals surface area contributed by atoms with Crippen molar-refractivity contribution in [2.75, 3.05) is 0 Å². The summed E-state index contributed by atoms with van der Waals surface area (Å²) < 4.78 is 0. The Bertz CT molecular complexity index is 299. The molecule has 0 spiro atoms. The fourth-order valence-electron chi connectivity index (χ4n) is 0.874. The van der Waals surface area contributed by atoms with Crippen LogP contribution in [0.15, 0.2) is 17.5 Å². The predicted molar refractivity (Wildman–Crippen MR) is 44.9 cm³/mol. The second kappa shape index (κ2) is 3.88. The van der Waals surface area contributed by atoms with E-state index < -0.39 is 11.9 Å². The van der Waals surface area contributed by atoms with Crippen molar-refractivity contribution in [3.63, 3.8) is 0 Å². The van der Waals surface area contributed by atoms with E-state index in [1.807, 2.05) is 17.5 Å². The molecule has 0 fully saturated rings. The average Bonchev–Trinajstić information content (AvgIpc) is 2.51. The number of nitriles is 1. The van der Waals surface area contributed by atoms with Gasteiger partial charge < -0.3 is 5.11 Å². The van der Waals surface area contributed by atoms with Crippen molar-refractivity contribution in [1.29, 1.82) is 5.26 Å². The van der Waals surface area contributed by atoms with Gasteiger partial charge in [0.25, 0.3) is 0 Å². The van der Waals surface area contributed by atoms with Crippen LogP contribution >= 0.6 is 11.3 Å². The van der Waals surface area contributed by atoms with E-state index in [1.54, 1.807) is 6.07 Å². The monoisotopic (exact) mass is 181 g/mol. The molecule has 62 valence electrons. The second-order valence-corrected chi connectivity index (χ2v) is 3.27. The number of carbonyl (C=O) groups is 1. The van der Waals surface area contributed by atoms with Gasteiger partial charge in [0.05, 0.1) is 18.4 Å². The van der Waals surface area contributed by atoms with Gasteiger partial charge in [-0.1, -0.05) is 6.07 Å². The van der Waals surface area contributed by atoms with Crippen molar-refractivity contribution in [3.05, 3.63) is 22.4 Å². The van der Waals surface area contributed by atoms with E-state index in [0.29, 0.717) is 0 Å². The number of hydrogen-bond donors (Lipinski definition) is 1. The predicted octanol–water partition coefficient (Wildman–Crippen LogP) is 1.83. The highest BCUT2D eigenvalue weighted by Gasteiger charge is 2.14. The summed E-state index contributed by atoms with van der Waals surface area (Å²) in [6.07, 6.45) is -0.114. The lowest BCUT2D eigenvalue weighted by Crippen LogP contribution is -2.02. The third kappa shape index (κ3) is 2.07. The highest BCUT2D eigenvalue weighted by Crippen LogP contribution is 2.23. The molecule has 0 aromatic carbocycles. The van der Waals surface area contributed by atoms with Crippen molar-refractivity contribution < 1.29 is 9.90 Å². The molecular weight excluding hydrogens is 174 g/mol. The van der Waals surface area contributed by atoms with Gasteiger partial charge in [0, 0.05) is 4.88 Å². The zero-order chi connectivity index (χ0) is 8.97. The summed E-state index contributed by atoms with van der Waals surface area (Å²) >= 11 is 1.41. The van der Waals surface area contributed by atoms with Crippen LogP contribution < -0.4 is 0 Å². The topological polar surface area (TPSA) is 61.1 Å². The van der Waals surface area contributed by atoms with E-state index in [4.69, 9.17) is 10.4 Å². The zero-order valence-corrected chi connectivity index (χ0v) is 7.04. The van der Waals surface area contributed by atoms with Gasteiger partial charge in [0.2, 0.25) is 0 Å². The van der Waals surface area contributed by atoms with Gasteiger partial charge in [-0.15, -0.1) is 11.3 Å². The molecule has 1 atom stereocenters. The van der Waals surface area contributed by atoms with Crippen LogP contribution in [0.4, 0.5) is 0 Å². The third-order valence-corrected chi connectivity index (χ3v) is 2.41. The van der Waals surface area contributed by atoms with Crippen LogP contribution in [0.1, 0.15) is 17.2 Å². The molecule has 1 heterocycles. The van der Waals surface area contributed by atoms with Gasteiger partial charge in [-0.05, 0) is 11.4 Å². The highest BCUT2D eigenvalue weighted by atomic mass is 32.1. The third-order valence-electron chi connectivity index (χ3n) is 1.42. The minimum Gasteiger partial charge on any atom is -0.481 e. The Morgan fingerprint density at radius 2 is 2.58 bits per heavy atom. The zero-order valence-electron chi connectivity index (χ0n) is 6.23. The van der Waals surface area contributed by atoms with Gasteiger partial charge in [-0.3, -0.25) is 4.79 Å². The smallest absolute Gasteiger partial charge is 0.305 e. The molecule has 4 heteroatoms. The second-order valence-electron chi connectivity index (χ2n) is 2.29. The fraction of sp³-hybridized carbons (Fsp3) is 0.250. The number of rotatable bonds is 3. The maximum atomic E-state index is 10.3. The first-order chi connectivity index (χ1) is 5.74. The van der Waals surface area contributed by atoms with E-state index in [9.17, 15) is 4.79 Å². The molecule has 1 aromatic rings. The van der Waals surface area contributed by atoms with Gasteiger partial charge >= 0.3 is 5.97 Å². The number of carboxylic acid groups (broad SMARTS) is 1. The Labute approximate surface area is 73.9 Å². The largest absolute Gasteiger partial charge is 0.481 e. The van der Waals surface area contributed by atoms with Crippen LogP contribution in [0.25, 0.3) is 0 Å². The van der Waals surface area contributed by atoms with E-state index in [1.165, 1.54) is 11.3 Å². The van der Waals surface area contributed by atoms with Crippen molar-refractivity contribution in [2.24, 2.45) is 0 Å². The molecule has 1 unspecified atom stereocenters. The molecule has 1 N–H and O–H groups in total. The lowest BCUT2D eigenvalue weighted by atomic mass is 10.1. The Morgan fingerprint density at radius 1 is 1.83 bits per heavy atom. The molecule has 0 saturated carbocycles. The van der Waals surface area contributed by atoms with E-state index in [0.717, 1.165) is 4.88 Å². The Kier molecular flexibility index (Phi) is 2.83. The molecule has 0 radical (unpaired) electrons. The average molecular weight is 181 g/mol. The number of aliphatic carboxylic acids is 1. The van der Waals surface area contributed by atoms with Gasteiger partial charge in [0.1, 0.15) is 0 Å². The van der Waals surface area contributed by atoms with Crippen LogP contribution in [-0.2, 0) is 4.79 Å². The van der Waals surface area contributed by atoms with Gasteiger partial charge in [-0.25, -0.2) is 0 Å². The summed E-state index contributed by atoms with van der Waals surface area (Å²) in [4.78, 5) is 11.1. The van der Waals surface area contributed by atoms with Gasteiger partial charge in [0.15, 0.2) is 0 Å². The normalized spacial score (nSPS) is 11.9. The molecule has 0 amide bonds. The van der Waals surface area contributed by atoms with E-state index in [-0.39, 0.29) is 6.42 Å². The summed E-state index contributed by atoms with van der Waals surface area (Å²) in [6.45, 7) is 0. The van der Waals surface area contributed by atoms with Crippen molar-refractivity contribution in [2.45, 2.75) is 12.3 Å². The lowest BCUT2D eigenvalue weighted by molar-refractivity contribution is -0.137. The van der Waals surface area contributed by atoms with Crippen molar-refractivity contribution in [1.82, 2.24) is 0 Å². The number of hydrogen-bond acceptors (Lipinski definition) is 3. The molecule has 0 aliphatic carbocycles. The molecule has 12 heavy (non-hydrogen) atoms. The summed E-state index contributed by atoms with van der Waals surface area (Å²) in [5, 5.41) is 18.9. The quantitative estimate of drug-likeness (QED) is 0.773. The molecule has 0 aliphatic heterocycles. The minimum absolute atomic E-state index is 0.114. The first-order valence-electron chi connectivity index (χ1n) is 3.39. The SMILES string of the molecule is N#CC(CC(=O)O)c1cccs1. The molecule has 0 bridgehead atoms. The number of carboxylic acids is 1. The molecule has 3 nitrogen and oxygen atoms in total. The van der Waals surface area contributed by atoms with Crippen LogP contribution in [0.3, 0.4) is 0 Å². The minimum atomic E-state index is -0.935. The van der Waals surface area contributed by atoms with Crippen LogP contribution in [0, 0.1) is 11.3 Å². The Hall–Kier alpha value is -1.34. The maximum absolute atomic E-state index is 10.3. The molecule has 0 saturated heterocycles. The molecule has 1 rings (SSSR count). The van der Waals surface area contributed by atoms with Crippen molar-refractivity contribution >= 4 is 17.3 Å². The van der Waals surface area contributed by atoms with E-state index >= 15 is 0 Å². The van der Waals surface area contributed by atoms with E-state index in [2.05, 4.69) is 0 Å². The van der Waals surface area contributed by atoms with Crippen LogP contribution in [-0.4, -0.2) is 11.1 Å². The highest BCUT2D eigenvalue weighted by molar-refractivity contribution is 7.10. The Balaban J connectivity index is 2.72. The summed E-state index contributed by atoms with van der Waals surface area (Å²) in [7, 11) is 0. The standard InChI is InChI=1S/C8H7NO2S/c9-5-6(4-8(10)11)7-2-1-3-12-7/h1-3,6H,4H2,(H,10,11). The number of nitrogens with zero attached hydrogens (tertiary/aromatic N) is 1. The first kappa shape index (κ1) is 8.75. The maximum Gasteiger partial charge on any atom is 0.305 e. The number of thiophene rings is 1. The van der Waals surface area contributed by atoms with Crippen molar-refractivity contribution in [3.8, 4) is 6.07 Å². The molecule has 0 aliphatic rings. The lowest BCUT2D eigenvalue weighted by Gasteiger charge is -2.00.